The van der Waals surface area contributed by atoms with Crippen LogP contribution in [0.15, 0.2) is 33.8 Å². The highest BCUT2D eigenvalue weighted by atomic mass is 127. The molecule has 0 unspecified atom stereocenters. The quantitative estimate of drug-likeness (QED) is 0.292. The molecule has 0 radical (unpaired) electrons. The van der Waals surface area contributed by atoms with Gasteiger partial charge in [-0.3, -0.25) is 4.99 Å². The van der Waals surface area contributed by atoms with Crippen LogP contribution in [0.3, 0.4) is 0 Å². The van der Waals surface area contributed by atoms with Gasteiger partial charge in [-0.05, 0) is 25.5 Å². The maximum absolute atomic E-state index is 6.31. The average Bonchev–Trinajstić information content (AvgIpc) is 3.08. The number of hydrogen-bond acceptors (Lipinski definition) is 5. The summed E-state index contributed by atoms with van der Waals surface area (Å²) in [6.07, 6.45) is 1.69. The molecule has 0 aliphatic carbocycles. The predicted octanol–water partition coefficient (Wildman–Crippen LogP) is 2.98. The van der Waals surface area contributed by atoms with Crippen molar-refractivity contribution in [2.75, 3.05) is 44.7 Å². The van der Waals surface area contributed by atoms with Crippen LogP contribution in [-0.2, 0) is 6.42 Å². The summed E-state index contributed by atoms with van der Waals surface area (Å²) in [6.45, 7) is 6.31. The second kappa shape index (κ2) is 10.7. The minimum absolute atomic E-state index is 0. The number of hydrogen-bond donors (Lipinski definition) is 1. The van der Waals surface area contributed by atoms with Crippen molar-refractivity contribution in [2.45, 2.75) is 19.8 Å². The van der Waals surface area contributed by atoms with Gasteiger partial charge in [0.25, 0.3) is 0 Å². The van der Waals surface area contributed by atoms with Crippen molar-refractivity contribution in [1.82, 2.24) is 20.4 Å². The van der Waals surface area contributed by atoms with E-state index >= 15 is 0 Å². The lowest BCUT2D eigenvalue weighted by Crippen LogP contribution is -2.52. The molecule has 2 heterocycles. The Morgan fingerprint density at radius 3 is 2.63 bits per heavy atom. The Kier molecular flexibility index (Phi) is 8.62. The van der Waals surface area contributed by atoms with Crippen LogP contribution in [0.4, 0.5) is 5.69 Å². The second-order valence-electron chi connectivity index (χ2n) is 6.24. The zero-order valence-corrected chi connectivity index (χ0v) is 18.8. The fourth-order valence-electron chi connectivity index (χ4n) is 3.08. The van der Waals surface area contributed by atoms with Gasteiger partial charge < -0.3 is 19.6 Å². The number of benzene rings is 1. The van der Waals surface area contributed by atoms with Crippen LogP contribution in [-0.4, -0.2) is 60.8 Å². The van der Waals surface area contributed by atoms with Gasteiger partial charge in [-0.15, -0.1) is 24.0 Å². The minimum atomic E-state index is 0. The summed E-state index contributed by atoms with van der Waals surface area (Å²) in [5, 5.41) is 8.03. The van der Waals surface area contributed by atoms with Crippen molar-refractivity contribution >= 4 is 47.2 Å². The van der Waals surface area contributed by atoms with E-state index in [1.54, 1.807) is 0 Å². The lowest BCUT2D eigenvalue weighted by molar-refractivity contribution is 0.365. The Morgan fingerprint density at radius 2 is 2.00 bits per heavy atom. The molecular formula is C18H26ClIN6O. The van der Waals surface area contributed by atoms with Crippen LogP contribution in [0.1, 0.15) is 18.1 Å². The number of para-hydroxylation sites is 1. The summed E-state index contributed by atoms with van der Waals surface area (Å²) >= 11 is 6.31. The molecule has 0 spiro atoms. The van der Waals surface area contributed by atoms with Crippen molar-refractivity contribution in [3.8, 4) is 0 Å². The summed E-state index contributed by atoms with van der Waals surface area (Å²) < 4.78 is 5.13. The molecule has 0 bridgehead atoms. The topological polar surface area (TPSA) is 69.8 Å². The lowest BCUT2D eigenvalue weighted by atomic mass is 10.2. The average molecular weight is 505 g/mol. The molecule has 2 aromatic rings. The smallest absolute Gasteiger partial charge is 0.226 e. The van der Waals surface area contributed by atoms with E-state index in [-0.39, 0.29) is 24.0 Å². The number of halogens is 2. The standard InChI is InChI=1S/C18H25ClN6O.HI/c1-14-22-17(26-23-14)8-5-9-21-18(20-2)25-12-10-24(11-13-25)16-7-4-3-6-15(16)19;/h3-4,6-7H,5,8-13H2,1-2H3,(H,20,21);1H. The van der Waals surface area contributed by atoms with Crippen LogP contribution in [0, 0.1) is 6.92 Å². The van der Waals surface area contributed by atoms with Gasteiger partial charge in [-0.2, -0.15) is 4.98 Å². The van der Waals surface area contributed by atoms with Gasteiger partial charge in [0.15, 0.2) is 11.8 Å². The normalized spacial score (nSPS) is 14.9. The Morgan fingerprint density at radius 1 is 1.26 bits per heavy atom. The van der Waals surface area contributed by atoms with E-state index in [1.807, 2.05) is 32.2 Å². The van der Waals surface area contributed by atoms with E-state index in [1.165, 1.54) is 0 Å². The lowest BCUT2D eigenvalue weighted by Gasteiger charge is -2.38. The number of aliphatic imine (C=N–C) groups is 1. The molecule has 1 aromatic heterocycles. The highest BCUT2D eigenvalue weighted by Crippen LogP contribution is 2.25. The van der Waals surface area contributed by atoms with Crippen LogP contribution < -0.4 is 10.2 Å². The van der Waals surface area contributed by atoms with E-state index in [0.29, 0.717) is 11.7 Å². The van der Waals surface area contributed by atoms with E-state index < -0.39 is 0 Å². The highest BCUT2D eigenvalue weighted by molar-refractivity contribution is 14.0. The van der Waals surface area contributed by atoms with Crippen molar-refractivity contribution in [3.05, 3.63) is 41.0 Å². The number of nitrogens with zero attached hydrogens (tertiary/aromatic N) is 5. The Hall–Kier alpha value is -1.55. The van der Waals surface area contributed by atoms with Gasteiger partial charge in [0.2, 0.25) is 5.89 Å². The number of guanidine groups is 1. The SMILES string of the molecule is CN=C(NCCCc1nc(C)no1)N1CCN(c2ccccc2Cl)CC1.I. The molecule has 0 atom stereocenters. The summed E-state index contributed by atoms with van der Waals surface area (Å²) in [5.41, 5.74) is 1.10. The van der Waals surface area contributed by atoms with Crippen molar-refractivity contribution in [3.63, 3.8) is 0 Å². The zero-order chi connectivity index (χ0) is 18.4. The molecule has 1 saturated heterocycles. The number of piperazine rings is 1. The maximum atomic E-state index is 6.31. The Bertz CT molecular complexity index is 745. The zero-order valence-electron chi connectivity index (χ0n) is 15.7. The van der Waals surface area contributed by atoms with E-state index in [2.05, 4.69) is 36.3 Å². The fraction of sp³-hybridized carbons (Fsp3) is 0.500. The molecule has 1 aliphatic rings. The van der Waals surface area contributed by atoms with Crippen molar-refractivity contribution in [1.29, 1.82) is 0 Å². The van der Waals surface area contributed by atoms with Crippen LogP contribution in [0.25, 0.3) is 0 Å². The first-order valence-electron chi connectivity index (χ1n) is 8.91. The molecule has 1 fully saturated rings. The molecule has 9 heteroatoms. The Labute approximate surface area is 182 Å². The van der Waals surface area contributed by atoms with Gasteiger partial charge in [0.1, 0.15) is 0 Å². The molecular weight excluding hydrogens is 479 g/mol. The molecule has 148 valence electrons. The first-order chi connectivity index (χ1) is 12.7. The fourth-order valence-corrected chi connectivity index (χ4v) is 3.34. The molecule has 27 heavy (non-hydrogen) atoms. The Balaban J connectivity index is 0.00000261. The molecule has 0 amide bonds. The minimum Gasteiger partial charge on any atom is -0.367 e. The number of anilines is 1. The summed E-state index contributed by atoms with van der Waals surface area (Å²) in [5.74, 6) is 2.30. The van der Waals surface area contributed by atoms with Crippen LogP contribution >= 0.6 is 35.6 Å². The van der Waals surface area contributed by atoms with E-state index in [4.69, 9.17) is 16.1 Å². The van der Waals surface area contributed by atoms with Crippen LogP contribution in [0.5, 0.6) is 0 Å². The largest absolute Gasteiger partial charge is 0.367 e. The number of rotatable bonds is 5. The van der Waals surface area contributed by atoms with Gasteiger partial charge in [-0.25, -0.2) is 0 Å². The molecule has 7 nitrogen and oxygen atoms in total. The molecule has 1 aromatic carbocycles. The third-order valence-electron chi connectivity index (χ3n) is 4.40. The second-order valence-corrected chi connectivity index (χ2v) is 6.65. The third-order valence-corrected chi connectivity index (χ3v) is 4.72. The summed E-state index contributed by atoms with van der Waals surface area (Å²) in [7, 11) is 1.82. The number of nitrogens with one attached hydrogen (secondary N) is 1. The number of aryl methyl sites for hydroxylation is 2. The summed E-state index contributed by atoms with van der Waals surface area (Å²) in [6, 6.07) is 8.00. The van der Waals surface area contributed by atoms with E-state index in [9.17, 15) is 0 Å². The summed E-state index contributed by atoms with van der Waals surface area (Å²) in [4.78, 5) is 13.2. The van der Waals surface area contributed by atoms with Gasteiger partial charge in [0, 0.05) is 46.2 Å². The first-order valence-corrected chi connectivity index (χ1v) is 9.29. The van der Waals surface area contributed by atoms with Crippen molar-refractivity contribution in [2.24, 2.45) is 4.99 Å². The van der Waals surface area contributed by atoms with Gasteiger partial charge in [0.05, 0.1) is 10.7 Å². The monoisotopic (exact) mass is 504 g/mol. The highest BCUT2D eigenvalue weighted by Gasteiger charge is 2.20. The molecule has 1 aliphatic heterocycles. The maximum Gasteiger partial charge on any atom is 0.226 e. The third kappa shape index (κ3) is 5.97. The molecule has 0 saturated carbocycles. The number of aromatic nitrogens is 2. The van der Waals surface area contributed by atoms with E-state index in [0.717, 1.165) is 62.2 Å². The predicted molar refractivity (Wildman–Crippen MR) is 119 cm³/mol. The molecule has 3 rings (SSSR count). The first kappa shape index (κ1) is 21.7. The van der Waals surface area contributed by atoms with Crippen LogP contribution in [0.2, 0.25) is 5.02 Å². The molecule has 1 N–H and O–H groups in total. The van der Waals surface area contributed by atoms with Gasteiger partial charge >= 0.3 is 0 Å². The van der Waals surface area contributed by atoms with Crippen molar-refractivity contribution < 1.29 is 4.52 Å². The van der Waals surface area contributed by atoms with Gasteiger partial charge in [-0.1, -0.05) is 28.9 Å².